The summed E-state index contributed by atoms with van der Waals surface area (Å²) in [4.78, 5) is 13.0. The van der Waals surface area contributed by atoms with Crippen LogP contribution in [0.5, 0.6) is 0 Å². The first-order valence-corrected chi connectivity index (χ1v) is 6.44. The van der Waals surface area contributed by atoms with E-state index < -0.39 is 0 Å². The molecule has 1 N–H and O–H groups in total. The molecule has 0 amide bonds. The molecule has 0 saturated heterocycles. The predicted molar refractivity (Wildman–Crippen MR) is 67.5 cm³/mol. The van der Waals surface area contributed by atoms with Crippen molar-refractivity contribution in [1.29, 1.82) is 0 Å². The van der Waals surface area contributed by atoms with Crippen molar-refractivity contribution in [3.63, 3.8) is 0 Å². The standard InChI is InChI=1S/C10H14N6S/c1-3-11-8-13-9(16-7-5-6-12-16)15-10(14-8)17-4-2/h5-7H,3-4H2,1-2H3,(H,11,13,14,15). The minimum atomic E-state index is 0.539. The van der Waals surface area contributed by atoms with E-state index >= 15 is 0 Å². The first-order valence-electron chi connectivity index (χ1n) is 5.46. The largest absolute Gasteiger partial charge is 0.354 e. The van der Waals surface area contributed by atoms with Crippen molar-refractivity contribution in [2.24, 2.45) is 0 Å². The van der Waals surface area contributed by atoms with E-state index in [1.807, 2.05) is 19.2 Å². The molecule has 6 nitrogen and oxygen atoms in total. The third-order valence-corrected chi connectivity index (χ3v) is 2.65. The maximum absolute atomic E-state index is 4.35. The predicted octanol–water partition coefficient (Wildman–Crippen LogP) is 1.60. The molecule has 0 aromatic carbocycles. The number of nitrogens with zero attached hydrogens (tertiary/aromatic N) is 5. The maximum atomic E-state index is 4.35. The molecule has 0 aliphatic carbocycles. The van der Waals surface area contributed by atoms with Crippen molar-refractivity contribution in [3.05, 3.63) is 18.5 Å². The minimum absolute atomic E-state index is 0.539. The Morgan fingerprint density at radius 3 is 2.82 bits per heavy atom. The summed E-state index contributed by atoms with van der Waals surface area (Å²) in [6, 6.07) is 1.84. The van der Waals surface area contributed by atoms with E-state index in [1.54, 1.807) is 22.6 Å². The van der Waals surface area contributed by atoms with Crippen molar-refractivity contribution >= 4 is 17.7 Å². The van der Waals surface area contributed by atoms with Gasteiger partial charge in [0.05, 0.1) is 0 Å². The molecule has 0 aliphatic rings. The van der Waals surface area contributed by atoms with Crippen LogP contribution < -0.4 is 5.32 Å². The summed E-state index contributed by atoms with van der Waals surface area (Å²) in [5, 5.41) is 7.92. The zero-order chi connectivity index (χ0) is 12.1. The SMILES string of the molecule is CCNc1nc(SCC)nc(-n2cccn2)n1. The van der Waals surface area contributed by atoms with Crippen LogP contribution in [-0.4, -0.2) is 37.0 Å². The van der Waals surface area contributed by atoms with Crippen LogP contribution in [0.3, 0.4) is 0 Å². The van der Waals surface area contributed by atoms with Crippen molar-refractivity contribution in [3.8, 4) is 5.95 Å². The van der Waals surface area contributed by atoms with Gasteiger partial charge in [0, 0.05) is 18.9 Å². The van der Waals surface area contributed by atoms with Gasteiger partial charge in [0.2, 0.25) is 5.95 Å². The number of rotatable bonds is 5. The van der Waals surface area contributed by atoms with E-state index in [0.717, 1.165) is 12.3 Å². The van der Waals surface area contributed by atoms with Crippen LogP contribution in [0, 0.1) is 0 Å². The molecule has 17 heavy (non-hydrogen) atoms. The zero-order valence-corrected chi connectivity index (χ0v) is 10.6. The molecule has 0 radical (unpaired) electrons. The van der Waals surface area contributed by atoms with Crippen molar-refractivity contribution in [2.45, 2.75) is 19.0 Å². The Bertz CT molecular complexity index is 445. The Labute approximate surface area is 104 Å². The number of hydrogen-bond donors (Lipinski definition) is 1. The third kappa shape index (κ3) is 2.94. The fourth-order valence-electron chi connectivity index (χ4n) is 1.27. The van der Waals surface area contributed by atoms with Gasteiger partial charge in [-0.2, -0.15) is 20.1 Å². The summed E-state index contributed by atoms with van der Waals surface area (Å²) >= 11 is 1.58. The van der Waals surface area contributed by atoms with Crippen LogP contribution in [0.1, 0.15) is 13.8 Å². The lowest BCUT2D eigenvalue weighted by atomic mass is 10.7. The second-order valence-corrected chi connectivity index (χ2v) is 4.39. The lowest BCUT2D eigenvalue weighted by Gasteiger charge is -2.06. The molecule has 2 heterocycles. The first kappa shape index (κ1) is 11.8. The molecular weight excluding hydrogens is 236 g/mol. The van der Waals surface area contributed by atoms with Crippen LogP contribution in [0.25, 0.3) is 5.95 Å². The smallest absolute Gasteiger partial charge is 0.256 e. The molecule has 2 aromatic heterocycles. The number of thioether (sulfide) groups is 1. The van der Waals surface area contributed by atoms with E-state index in [1.165, 1.54) is 0 Å². The minimum Gasteiger partial charge on any atom is -0.354 e. The summed E-state index contributed by atoms with van der Waals surface area (Å²) < 4.78 is 1.63. The highest BCUT2D eigenvalue weighted by molar-refractivity contribution is 7.99. The van der Waals surface area contributed by atoms with E-state index in [2.05, 4.69) is 32.3 Å². The molecule has 90 valence electrons. The molecule has 2 rings (SSSR count). The lowest BCUT2D eigenvalue weighted by molar-refractivity contribution is 0.760. The van der Waals surface area contributed by atoms with Crippen LogP contribution in [0.4, 0.5) is 5.95 Å². The van der Waals surface area contributed by atoms with Crippen molar-refractivity contribution < 1.29 is 0 Å². The van der Waals surface area contributed by atoms with E-state index in [4.69, 9.17) is 0 Å². The monoisotopic (exact) mass is 250 g/mol. The Kier molecular flexibility index (Phi) is 3.92. The van der Waals surface area contributed by atoms with Crippen LogP contribution >= 0.6 is 11.8 Å². The second kappa shape index (κ2) is 5.62. The van der Waals surface area contributed by atoms with E-state index in [-0.39, 0.29) is 0 Å². The van der Waals surface area contributed by atoms with E-state index in [9.17, 15) is 0 Å². The van der Waals surface area contributed by atoms with Crippen LogP contribution in [0.15, 0.2) is 23.6 Å². The third-order valence-electron chi connectivity index (χ3n) is 1.92. The average molecular weight is 250 g/mol. The maximum Gasteiger partial charge on any atom is 0.256 e. The van der Waals surface area contributed by atoms with E-state index in [0.29, 0.717) is 17.1 Å². The Balaban J connectivity index is 2.37. The fourth-order valence-corrected chi connectivity index (χ4v) is 1.82. The molecule has 7 heteroatoms. The highest BCUT2D eigenvalue weighted by Gasteiger charge is 2.07. The van der Waals surface area contributed by atoms with Gasteiger partial charge in [0.1, 0.15) is 0 Å². The topological polar surface area (TPSA) is 68.5 Å². The quantitative estimate of drug-likeness (QED) is 0.813. The molecular formula is C10H14N6S. The van der Waals surface area contributed by atoms with Gasteiger partial charge in [-0.3, -0.25) is 0 Å². The summed E-state index contributed by atoms with van der Waals surface area (Å²) in [5.74, 6) is 2.05. The molecule has 2 aromatic rings. The number of nitrogens with one attached hydrogen (secondary N) is 1. The van der Waals surface area contributed by atoms with Gasteiger partial charge in [-0.05, 0) is 18.7 Å². The molecule has 0 atom stereocenters. The van der Waals surface area contributed by atoms with Gasteiger partial charge in [-0.15, -0.1) is 0 Å². The van der Waals surface area contributed by atoms with Crippen molar-refractivity contribution in [1.82, 2.24) is 24.7 Å². The highest BCUT2D eigenvalue weighted by atomic mass is 32.2. The number of anilines is 1. The Morgan fingerprint density at radius 2 is 2.18 bits per heavy atom. The van der Waals surface area contributed by atoms with Gasteiger partial charge in [-0.1, -0.05) is 18.7 Å². The summed E-state index contributed by atoms with van der Waals surface area (Å²) in [6.07, 6.45) is 3.51. The number of aromatic nitrogens is 5. The summed E-state index contributed by atoms with van der Waals surface area (Å²) in [5.41, 5.74) is 0. The molecule has 0 aliphatic heterocycles. The van der Waals surface area contributed by atoms with Gasteiger partial charge in [0.15, 0.2) is 5.16 Å². The zero-order valence-electron chi connectivity index (χ0n) is 9.79. The average Bonchev–Trinajstić information content (AvgIpc) is 2.83. The second-order valence-electron chi connectivity index (χ2n) is 3.16. The molecule has 0 unspecified atom stereocenters. The molecule has 0 spiro atoms. The van der Waals surface area contributed by atoms with Gasteiger partial charge in [0.25, 0.3) is 5.95 Å². The number of hydrogen-bond acceptors (Lipinski definition) is 6. The Hall–Kier alpha value is -1.63. The van der Waals surface area contributed by atoms with Gasteiger partial charge >= 0.3 is 0 Å². The fraction of sp³-hybridized carbons (Fsp3) is 0.400. The normalized spacial score (nSPS) is 10.5. The van der Waals surface area contributed by atoms with Gasteiger partial charge < -0.3 is 5.32 Å². The Morgan fingerprint density at radius 1 is 1.29 bits per heavy atom. The van der Waals surface area contributed by atoms with Crippen molar-refractivity contribution in [2.75, 3.05) is 17.6 Å². The molecule has 0 saturated carbocycles. The molecule has 0 fully saturated rings. The highest BCUT2D eigenvalue weighted by Crippen LogP contribution is 2.15. The van der Waals surface area contributed by atoms with Gasteiger partial charge in [-0.25, -0.2) is 4.68 Å². The summed E-state index contributed by atoms with van der Waals surface area (Å²) in [7, 11) is 0. The van der Waals surface area contributed by atoms with Crippen LogP contribution in [0.2, 0.25) is 0 Å². The molecule has 0 bridgehead atoms. The summed E-state index contributed by atoms with van der Waals surface area (Å²) in [6.45, 7) is 4.85. The lowest BCUT2D eigenvalue weighted by Crippen LogP contribution is -2.09. The first-order chi connectivity index (χ1) is 8.33. The van der Waals surface area contributed by atoms with Crippen LogP contribution in [-0.2, 0) is 0 Å².